The number of benzene rings is 1. The van der Waals surface area contributed by atoms with Crippen LogP contribution in [0.2, 0.25) is 0 Å². The number of carbonyl (C=O) groups excluding carboxylic acids is 1. The Morgan fingerprint density at radius 3 is 2.47 bits per heavy atom. The van der Waals surface area contributed by atoms with Gasteiger partial charge >= 0.3 is 0 Å². The molecule has 0 saturated heterocycles. The molecule has 1 aromatic carbocycles. The second-order valence-corrected chi connectivity index (χ2v) is 3.94. The number of nitrogens with one attached hydrogen (secondary N) is 1. The fourth-order valence-corrected chi connectivity index (χ4v) is 1.58. The topological polar surface area (TPSA) is 32.3 Å². The van der Waals surface area contributed by atoms with Crippen LogP contribution in [0.5, 0.6) is 0 Å². The minimum atomic E-state index is 0. The van der Waals surface area contributed by atoms with Crippen molar-refractivity contribution in [3.8, 4) is 0 Å². The number of halogens is 1. The SMILES string of the molecule is CNCCC(=O)N(C)C(C)c1ccccc1.Cl. The third-order valence-electron chi connectivity index (χ3n) is 2.85. The number of hydrogen-bond donors (Lipinski definition) is 1. The smallest absolute Gasteiger partial charge is 0.224 e. The molecule has 0 heterocycles. The molecule has 0 aliphatic carbocycles. The van der Waals surface area contributed by atoms with Crippen molar-refractivity contribution in [3.05, 3.63) is 35.9 Å². The molecule has 1 aromatic rings. The zero-order valence-corrected chi connectivity index (χ0v) is 11.5. The summed E-state index contributed by atoms with van der Waals surface area (Å²) in [5, 5.41) is 2.98. The van der Waals surface area contributed by atoms with Gasteiger partial charge in [0.05, 0.1) is 6.04 Å². The molecule has 0 fully saturated rings. The van der Waals surface area contributed by atoms with E-state index >= 15 is 0 Å². The fraction of sp³-hybridized carbons (Fsp3) is 0.462. The lowest BCUT2D eigenvalue weighted by Gasteiger charge is -2.25. The van der Waals surface area contributed by atoms with Gasteiger partial charge in [0.25, 0.3) is 0 Å². The minimum Gasteiger partial charge on any atom is -0.339 e. The van der Waals surface area contributed by atoms with Gasteiger partial charge in [-0.1, -0.05) is 30.3 Å². The summed E-state index contributed by atoms with van der Waals surface area (Å²) < 4.78 is 0. The molecule has 0 spiro atoms. The summed E-state index contributed by atoms with van der Waals surface area (Å²) in [6.45, 7) is 2.78. The van der Waals surface area contributed by atoms with Crippen molar-refractivity contribution < 1.29 is 4.79 Å². The van der Waals surface area contributed by atoms with E-state index in [2.05, 4.69) is 5.32 Å². The van der Waals surface area contributed by atoms with Gasteiger partial charge in [0, 0.05) is 20.0 Å². The van der Waals surface area contributed by atoms with Gasteiger partial charge in [-0.05, 0) is 19.5 Å². The largest absolute Gasteiger partial charge is 0.339 e. The average Bonchev–Trinajstić information content (AvgIpc) is 2.35. The molecule has 17 heavy (non-hydrogen) atoms. The molecule has 0 aliphatic heterocycles. The van der Waals surface area contributed by atoms with E-state index in [-0.39, 0.29) is 24.4 Å². The van der Waals surface area contributed by atoms with Crippen LogP contribution in [-0.4, -0.2) is 31.4 Å². The van der Waals surface area contributed by atoms with Crippen molar-refractivity contribution >= 4 is 18.3 Å². The molecular formula is C13H21ClN2O. The molecule has 1 unspecified atom stereocenters. The van der Waals surface area contributed by atoms with Gasteiger partial charge in [-0.15, -0.1) is 12.4 Å². The van der Waals surface area contributed by atoms with Gasteiger partial charge in [-0.25, -0.2) is 0 Å². The number of rotatable bonds is 5. The van der Waals surface area contributed by atoms with E-state index in [1.807, 2.05) is 51.4 Å². The summed E-state index contributed by atoms with van der Waals surface area (Å²) in [5.41, 5.74) is 1.17. The first-order valence-corrected chi connectivity index (χ1v) is 5.62. The van der Waals surface area contributed by atoms with Crippen molar-refractivity contribution in [2.24, 2.45) is 0 Å². The van der Waals surface area contributed by atoms with Crippen LogP contribution in [0.1, 0.15) is 24.9 Å². The first-order valence-electron chi connectivity index (χ1n) is 5.62. The molecule has 0 saturated carbocycles. The molecule has 1 rings (SSSR count). The average molecular weight is 257 g/mol. The number of nitrogens with zero attached hydrogens (tertiary/aromatic N) is 1. The van der Waals surface area contributed by atoms with Gasteiger partial charge in [-0.2, -0.15) is 0 Å². The summed E-state index contributed by atoms with van der Waals surface area (Å²) in [6, 6.07) is 10.2. The molecule has 0 aromatic heterocycles. The van der Waals surface area contributed by atoms with Crippen LogP contribution in [-0.2, 0) is 4.79 Å². The summed E-state index contributed by atoms with van der Waals surface area (Å²) in [4.78, 5) is 13.6. The van der Waals surface area contributed by atoms with Gasteiger partial charge in [-0.3, -0.25) is 4.79 Å². The van der Waals surface area contributed by atoms with Crippen molar-refractivity contribution in [3.63, 3.8) is 0 Å². The van der Waals surface area contributed by atoms with Crippen molar-refractivity contribution in [1.82, 2.24) is 10.2 Å². The zero-order chi connectivity index (χ0) is 12.0. The first-order chi connectivity index (χ1) is 7.66. The van der Waals surface area contributed by atoms with Crippen LogP contribution in [0.3, 0.4) is 0 Å². The maximum absolute atomic E-state index is 11.8. The lowest BCUT2D eigenvalue weighted by Crippen LogP contribution is -2.31. The Hall–Kier alpha value is -1.06. The van der Waals surface area contributed by atoms with Gasteiger partial charge < -0.3 is 10.2 Å². The molecule has 1 atom stereocenters. The van der Waals surface area contributed by atoms with Crippen LogP contribution < -0.4 is 5.32 Å². The number of amides is 1. The van der Waals surface area contributed by atoms with Crippen molar-refractivity contribution in [2.75, 3.05) is 20.6 Å². The fourth-order valence-electron chi connectivity index (χ4n) is 1.58. The molecular weight excluding hydrogens is 236 g/mol. The summed E-state index contributed by atoms with van der Waals surface area (Å²) in [5.74, 6) is 0.172. The van der Waals surface area contributed by atoms with Gasteiger partial charge in [0.2, 0.25) is 5.91 Å². The molecule has 96 valence electrons. The first kappa shape index (κ1) is 15.9. The lowest BCUT2D eigenvalue weighted by molar-refractivity contribution is -0.131. The Kier molecular flexibility index (Phi) is 7.59. The van der Waals surface area contributed by atoms with Crippen LogP contribution in [0.15, 0.2) is 30.3 Å². The highest BCUT2D eigenvalue weighted by atomic mass is 35.5. The lowest BCUT2D eigenvalue weighted by atomic mass is 10.1. The van der Waals surface area contributed by atoms with Gasteiger partial charge in [0.15, 0.2) is 0 Å². The third kappa shape index (κ3) is 4.75. The third-order valence-corrected chi connectivity index (χ3v) is 2.85. The predicted octanol–water partition coefficient (Wildman–Crippen LogP) is 2.24. The summed E-state index contributed by atoms with van der Waals surface area (Å²) in [6.07, 6.45) is 0.546. The minimum absolute atomic E-state index is 0. The highest BCUT2D eigenvalue weighted by molar-refractivity contribution is 5.85. The Morgan fingerprint density at radius 1 is 1.35 bits per heavy atom. The highest BCUT2D eigenvalue weighted by Gasteiger charge is 2.16. The maximum atomic E-state index is 11.8. The summed E-state index contributed by atoms with van der Waals surface area (Å²) >= 11 is 0. The van der Waals surface area contributed by atoms with Crippen molar-refractivity contribution in [2.45, 2.75) is 19.4 Å². The van der Waals surface area contributed by atoms with Crippen LogP contribution in [0, 0.1) is 0 Å². The zero-order valence-electron chi connectivity index (χ0n) is 10.6. The molecule has 0 radical (unpaired) electrons. The van der Waals surface area contributed by atoms with Crippen molar-refractivity contribution in [1.29, 1.82) is 0 Å². The normalized spacial score (nSPS) is 11.5. The molecule has 0 aliphatic rings. The van der Waals surface area contributed by atoms with Crippen LogP contribution in [0.4, 0.5) is 0 Å². The Labute approximate surface area is 110 Å². The number of carbonyl (C=O) groups is 1. The Balaban J connectivity index is 0.00000256. The van der Waals surface area contributed by atoms with E-state index in [1.54, 1.807) is 4.90 Å². The molecule has 1 amide bonds. The standard InChI is InChI=1S/C13H20N2O.ClH/c1-11(12-7-5-4-6-8-12)15(3)13(16)9-10-14-2;/h4-8,11,14H,9-10H2,1-3H3;1H. The van der Waals surface area contributed by atoms with E-state index in [4.69, 9.17) is 0 Å². The Morgan fingerprint density at radius 2 is 1.94 bits per heavy atom. The highest BCUT2D eigenvalue weighted by Crippen LogP contribution is 2.18. The van der Waals surface area contributed by atoms with E-state index in [0.29, 0.717) is 6.42 Å². The molecule has 1 N–H and O–H groups in total. The van der Waals surface area contributed by atoms with Crippen LogP contribution >= 0.6 is 12.4 Å². The van der Waals surface area contributed by atoms with E-state index < -0.39 is 0 Å². The number of hydrogen-bond acceptors (Lipinski definition) is 2. The maximum Gasteiger partial charge on any atom is 0.224 e. The van der Waals surface area contributed by atoms with E-state index in [9.17, 15) is 4.79 Å². The van der Waals surface area contributed by atoms with E-state index in [1.165, 1.54) is 5.56 Å². The summed E-state index contributed by atoms with van der Waals surface area (Å²) in [7, 11) is 3.71. The quantitative estimate of drug-likeness (QED) is 0.876. The van der Waals surface area contributed by atoms with Crippen LogP contribution in [0.25, 0.3) is 0 Å². The molecule has 3 nitrogen and oxygen atoms in total. The Bertz CT molecular complexity index is 329. The molecule has 4 heteroatoms. The molecule has 0 bridgehead atoms. The second-order valence-electron chi connectivity index (χ2n) is 3.94. The van der Waals surface area contributed by atoms with E-state index in [0.717, 1.165) is 6.54 Å². The predicted molar refractivity (Wildman–Crippen MR) is 73.4 cm³/mol. The van der Waals surface area contributed by atoms with Gasteiger partial charge in [0.1, 0.15) is 0 Å². The monoisotopic (exact) mass is 256 g/mol. The second kappa shape index (κ2) is 8.09.